The summed E-state index contributed by atoms with van der Waals surface area (Å²) in [7, 11) is 0. The number of benzene rings is 2. The Hall–Kier alpha value is -2.96. The smallest absolute Gasteiger partial charge is 0.120 e. The largest absolute Gasteiger partial charge is 0.494 e. The minimum atomic E-state index is 0.651. The van der Waals surface area contributed by atoms with Crippen LogP contribution in [0.5, 0.6) is 11.5 Å². The first kappa shape index (κ1) is 22.2. The van der Waals surface area contributed by atoms with Crippen LogP contribution in [0.4, 0.5) is 0 Å². The molecule has 0 saturated heterocycles. The molecule has 6 nitrogen and oxygen atoms in total. The van der Waals surface area contributed by atoms with E-state index in [9.17, 15) is 0 Å². The quantitative estimate of drug-likeness (QED) is 0.230. The van der Waals surface area contributed by atoms with E-state index in [1.165, 1.54) is 21.9 Å². The monoisotopic (exact) mass is 434 g/mol. The van der Waals surface area contributed by atoms with Crippen LogP contribution in [-0.4, -0.2) is 36.3 Å². The average Bonchev–Trinajstić information content (AvgIpc) is 3.40. The fourth-order valence-electron chi connectivity index (χ4n) is 4.16. The van der Waals surface area contributed by atoms with Gasteiger partial charge in [0.15, 0.2) is 0 Å². The van der Waals surface area contributed by atoms with Crippen LogP contribution in [0, 0.1) is 0 Å². The zero-order valence-corrected chi connectivity index (χ0v) is 18.7. The van der Waals surface area contributed by atoms with Gasteiger partial charge in [0.2, 0.25) is 0 Å². The summed E-state index contributed by atoms with van der Waals surface area (Å²) >= 11 is 0. The molecule has 0 amide bonds. The van der Waals surface area contributed by atoms with Crippen LogP contribution in [0.1, 0.15) is 36.8 Å². The maximum absolute atomic E-state index is 5.97. The second-order valence-corrected chi connectivity index (χ2v) is 8.23. The van der Waals surface area contributed by atoms with Gasteiger partial charge in [-0.05, 0) is 99.1 Å². The zero-order chi connectivity index (χ0) is 22.2. The Morgan fingerprint density at radius 2 is 1.09 bits per heavy atom. The topological polar surface area (TPSA) is 102 Å². The molecule has 0 aliphatic heterocycles. The Balaban J connectivity index is 1.14. The molecule has 32 heavy (non-hydrogen) atoms. The van der Waals surface area contributed by atoms with Gasteiger partial charge in [0.05, 0.1) is 13.2 Å². The molecule has 2 aromatic heterocycles. The Kier molecular flexibility index (Phi) is 7.69. The van der Waals surface area contributed by atoms with Crippen LogP contribution in [-0.2, 0) is 12.8 Å². The maximum Gasteiger partial charge on any atom is 0.120 e. The average molecular weight is 435 g/mol. The number of rotatable bonds is 13. The fourth-order valence-corrected chi connectivity index (χ4v) is 4.16. The molecule has 6 N–H and O–H groups in total. The number of hydrogen-bond donors (Lipinski definition) is 4. The molecule has 6 heteroatoms. The molecule has 170 valence electrons. The van der Waals surface area contributed by atoms with Crippen molar-refractivity contribution >= 4 is 21.8 Å². The molecule has 4 rings (SSSR count). The molecule has 0 saturated carbocycles. The first-order valence-electron chi connectivity index (χ1n) is 11.6. The third kappa shape index (κ3) is 5.44. The number of nitrogens with one attached hydrogen (secondary N) is 2. The van der Waals surface area contributed by atoms with Gasteiger partial charge in [-0.2, -0.15) is 0 Å². The number of aromatic nitrogens is 2. The summed E-state index contributed by atoms with van der Waals surface area (Å²) in [6.45, 7) is 2.77. The van der Waals surface area contributed by atoms with Crippen molar-refractivity contribution in [2.75, 3.05) is 26.3 Å². The molecule has 0 bridgehead atoms. The van der Waals surface area contributed by atoms with E-state index >= 15 is 0 Å². The van der Waals surface area contributed by atoms with Gasteiger partial charge < -0.3 is 30.9 Å². The summed E-state index contributed by atoms with van der Waals surface area (Å²) in [5.74, 6) is 1.85. The number of fused-ring (bicyclic) bond motifs is 2. The summed E-state index contributed by atoms with van der Waals surface area (Å²) in [6.07, 6.45) is 10.2. The first-order valence-corrected chi connectivity index (χ1v) is 11.6. The van der Waals surface area contributed by atoms with E-state index in [1.54, 1.807) is 0 Å². The van der Waals surface area contributed by atoms with E-state index in [2.05, 4.69) is 34.2 Å². The van der Waals surface area contributed by atoms with Crippen LogP contribution < -0.4 is 20.9 Å². The van der Waals surface area contributed by atoms with Gasteiger partial charge in [-0.15, -0.1) is 0 Å². The van der Waals surface area contributed by atoms with Gasteiger partial charge in [0.25, 0.3) is 0 Å². The predicted molar refractivity (Wildman–Crippen MR) is 132 cm³/mol. The normalized spacial score (nSPS) is 11.4. The van der Waals surface area contributed by atoms with Crippen LogP contribution in [0.25, 0.3) is 21.8 Å². The van der Waals surface area contributed by atoms with Gasteiger partial charge in [0.1, 0.15) is 11.5 Å². The molecule has 0 radical (unpaired) electrons. The standard InChI is InChI=1S/C26H34N4O2/c27-11-9-19-17-29-25-7-5-21(15-23(19)25)31-13-3-1-2-4-14-32-22-6-8-26-24(16-22)20(10-12-28)18-30-26/h5-8,15-18,29-30H,1-4,9-14,27-28H2. The van der Waals surface area contributed by atoms with E-state index in [-0.39, 0.29) is 0 Å². The fraction of sp³-hybridized carbons (Fsp3) is 0.385. The zero-order valence-electron chi connectivity index (χ0n) is 18.7. The number of H-pyrrole nitrogens is 2. The lowest BCUT2D eigenvalue weighted by atomic mass is 10.1. The Labute approximate surface area is 189 Å². The molecule has 0 aliphatic rings. The number of aromatic amines is 2. The molecule has 0 unspecified atom stereocenters. The van der Waals surface area contributed by atoms with Crippen LogP contribution >= 0.6 is 0 Å². The van der Waals surface area contributed by atoms with Crippen molar-refractivity contribution in [2.45, 2.75) is 38.5 Å². The SMILES string of the molecule is NCCc1c[nH]c2ccc(OCCCCCCOc3ccc4[nH]cc(CCN)c4c3)cc12. The highest BCUT2D eigenvalue weighted by atomic mass is 16.5. The third-order valence-corrected chi connectivity index (χ3v) is 5.88. The Bertz CT molecular complexity index is 1040. The predicted octanol–water partition coefficient (Wildman–Crippen LogP) is 4.67. The van der Waals surface area contributed by atoms with Crippen molar-refractivity contribution in [2.24, 2.45) is 11.5 Å². The van der Waals surface area contributed by atoms with Crippen molar-refractivity contribution < 1.29 is 9.47 Å². The lowest BCUT2D eigenvalue weighted by Gasteiger charge is -2.08. The van der Waals surface area contributed by atoms with Crippen LogP contribution in [0.15, 0.2) is 48.8 Å². The molecule has 0 aliphatic carbocycles. The minimum absolute atomic E-state index is 0.651. The van der Waals surface area contributed by atoms with Crippen molar-refractivity contribution in [3.05, 3.63) is 59.9 Å². The van der Waals surface area contributed by atoms with E-state index in [4.69, 9.17) is 20.9 Å². The van der Waals surface area contributed by atoms with Gasteiger partial charge in [-0.25, -0.2) is 0 Å². The van der Waals surface area contributed by atoms with E-state index in [1.807, 2.05) is 24.5 Å². The van der Waals surface area contributed by atoms with E-state index in [0.717, 1.165) is 74.3 Å². The molecular weight excluding hydrogens is 400 g/mol. The van der Waals surface area contributed by atoms with Crippen LogP contribution in [0.2, 0.25) is 0 Å². The van der Waals surface area contributed by atoms with Gasteiger partial charge in [-0.3, -0.25) is 0 Å². The van der Waals surface area contributed by atoms with E-state index in [0.29, 0.717) is 13.1 Å². The lowest BCUT2D eigenvalue weighted by molar-refractivity contribution is 0.288. The molecular formula is C26H34N4O2. The molecule has 4 aromatic rings. The highest BCUT2D eigenvalue weighted by Gasteiger charge is 2.06. The summed E-state index contributed by atoms with van der Waals surface area (Å²) < 4.78 is 11.9. The number of ether oxygens (including phenoxy) is 2. The second-order valence-electron chi connectivity index (χ2n) is 8.23. The maximum atomic E-state index is 5.97. The molecule has 0 fully saturated rings. The van der Waals surface area contributed by atoms with E-state index < -0.39 is 0 Å². The summed E-state index contributed by atoms with van der Waals surface area (Å²) in [5.41, 5.74) is 16.2. The molecule has 0 spiro atoms. The Morgan fingerprint density at radius 3 is 1.53 bits per heavy atom. The second kappa shape index (κ2) is 11.1. The number of nitrogens with two attached hydrogens (primary N) is 2. The molecule has 2 heterocycles. The lowest BCUT2D eigenvalue weighted by Crippen LogP contribution is -2.02. The van der Waals surface area contributed by atoms with Crippen molar-refractivity contribution in [3.63, 3.8) is 0 Å². The molecule has 2 aromatic carbocycles. The van der Waals surface area contributed by atoms with Crippen molar-refractivity contribution in [3.8, 4) is 11.5 Å². The van der Waals surface area contributed by atoms with Gasteiger partial charge in [0, 0.05) is 34.2 Å². The van der Waals surface area contributed by atoms with Gasteiger partial charge >= 0.3 is 0 Å². The third-order valence-electron chi connectivity index (χ3n) is 5.88. The summed E-state index contributed by atoms with van der Waals surface area (Å²) in [6, 6.07) is 12.4. The molecule has 0 atom stereocenters. The highest BCUT2D eigenvalue weighted by molar-refractivity contribution is 5.85. The minimum Gasteiger partial charge on any atom is -0.494 e. The Morgan fingerprint density at radius 1 is 0.625 bits per heavy atom. The number of unbranched alkanes of at least 4 members (excludes halogenated alkanes) is 3. The van der Waals surface area contributed by atoms with Crippen molar-refractivity contribution in [1.29, 1.82) is 0 Å². The first-order chi connectivity index (χ1) is 15.8. The summed E-state index contributed by atoms with van der Waals surface area (Å²) in [4.78, 5) is 6.59. The number of hydrogen-bond acceptors (Lipinski definition) is 4. The van der Waals surface area contributed by atoms with Gasteiger partial charge in [-0.1, -0.05) is 0 Å². The van der Waals surface area contributed by atoms with Crippen LogP contribution in [0.3, 0.4) is 0 Å². The van der Waals surface area contributed by atoms with Crippen molar-refractivity contribution in [1.82, 2.24) is 9.97 Å². The summed E-state index contributed by atoms with van der Waals surface area (Å²) in [5, 5.41) is 2.41. The highest BCUT2D eigenvalue weighted by Crippen LogP contribution is 2.25.